The smallest absolute Gasteiger partial charge is 0.407 e. The molecule has 0 aromatic heterocycles. The zero-order valence-electron chi connectivity index (χ0n) is 12.0. The van der Waals surface area contributed by atoms with Crippen LogP contribution in [-0.2, 0) is 11.3 Å². The van der Waals surface area contributed by atoms with Gasteiger partial charge in [0.15, 0.2) is 0 Å². The summed E-state index contributed by atoms with van der Waals surface area (Å²) in [5.74, 6) is 4.79. The highest BCUT2D eigenvalue weighted by Crippen LogP contribution is 2.14. The molecule has 0 saturated carbocycles. The van der Waals surface area contributed by atoms with Crippen molar-refractivity contribution in [3.05, 3.63) is 35.4 Å². The van der Waals surface area contributed by atoms with E-state index in [0.717, 1.165) is 31.6 Å². The average molecular weight is 292 g/mol. The van der Waals surface area contributed by atoms with Gasteiger partial charge in [-0.3, -0.25) is 15.1 Å². The topological polar surface area (TPSA) is 96.7 Å². The van der Waals surface area contributed by atoms with Crippen LogP contribution in [0.15, 0.2) is 24.3 Å². The molecule has 2 rings (SSSR count). The Morgan fingerprint density at radius 2 is 2.10 bits per heavy atom. The first-order valence-corrected chi connectivity index (χ1v) is 6.79. The predicted octanol–water partition coefficient (Wildman–Crippen LogP) is 0.220. The molecule has 2 amide bonds. The molecular formula is C14H20N4O3. The van der Waals surface area contributed by atoms with Crippen LogP contribution < -0.4 is 16.6 Å². The van der Waals surface area contributed by atoms with E-state index in [1.807, 2.05) is 12.1 Å². The number of nitrogens with one attached hydrogen (secondary N) is 2. The van der Waals surface area contributed by atoms with E-state index in [2.05, 4.69) is 20.4 Å². The van der Waals surface area contributed by atoms with Crippen molar-refractivity contribution >= 4 is 12.0 Å². The largest absolute Gasteiger partial charge is 0.453 e. The maximum atomic E-state index is 11.3. The first-order chi connectivity index (χ1) is 10.1. The van der Waals surface area contributed by atoms with Gasteiger partial charge in [-0.15, -0.1) is 0 Å². The fourth-order valence-electron chi connectivity index (χ4n) is 2.42. The first-order valence-electron chi connectivity index (χ1n) is 6.79. The summed E-state index contributed by atoms with van der Waals surface area (Å²) in [5, 5.41) is 2.81. The van der Waals surface area contributed by atoms with E-state index in [0.29, 0.717) is 5.56 Å². The Kier molecular flexibility index (Phi) is 5.13. The summed E-state index contributed by atoms with van der Waals surface area (Å²) >= 11 is 0. The maximum absolute atomic E-state index is 11.3. The van der Waals surface area contributed by atoms with Gasteiger partial charge in [-0.25, -0.2) is 10.6 Å². The van der Waals surface area contributed by atoms with Crippen molar-refractivity contribution in [2.75, 3.05) is 20.2 Å². The second-order valence-electron chi connectivity index (χ2n) is 5.03. The molecule has 21 heavy (non-hydrogen) atoms. The molecule has 4 N–H and O–H groups in total. The highest BCUT2D eigenvalue weighted by molar-refractivity contribution is 5.93. The Bertz CT molecular complexity index is 503. The third-order valence-corrected chi connectivity index (χ3v) is 3.53. The van der Waals surface area contributed by atoms with Crippen LogP contribution in [0.25, 0.3) is 0 Å². The molecule has 0 aliphatic carbocycles. The molecule has 1 unspecified atom stereocenters. The van der Waals surface area contributed by atoms with Crippen molar-refractivity contribution in [3.63, 3.8) is 0 Å². The lowest BCUT2D eigenvalue weighted by Gasteiger charge is -2.16. The number of nitrogens with two attached hydrogens (primary N) is 1. The minimum Gasteiger partial charge on any atom is -0.453 e. The summed E-state index contributed by atoms with van der Waals surface area (Å²) in [6.45, 7) is 2.49. The lowest BCUT2D eigenvalue weighted by atomic mass is 10.1. The van der Waals surface area contributed by atoms with Gasteiger partial charge in [0, 0.05) is 31.2 Å². The third kappa shape index (κ3) is 4.17. The van der Waals surface area contributed by atoms with Gasteiger partial charge in [-0.1, -0.05) is 12.1 Å². The molecule has 1 atom stereocenters. The number of alkyl carbamates (subject to hydrolysis) is 1. The van der Waals surface area contributed by atoms with Crippen LogP contribution in [0.4, 0.5) is 4.79 Å². The van der Waals surface area contributed by atoms with Gasteiger partial charge >= 0.3 is 6.09 Å². The summed E-state index contributed by atoms with van der Waals surface area (Å²) in [7, 11) is 1.36. The molecule has 114 valence electrons. The van der Waals surface area contributed by atoms with Crippen LogP contribution in [0.3, 0.4) is 0 Å². The molecule has 0 bridgehead atoms. The van der Waals surface area contributed by atoms with E-state index in [1.165, 1.54) is 7.11 Å². The Labute approximate surface area is 123 Å². The molecule has 1 aromatic rings. The number of ether oxygens (including phenoxy) is 1. The molecular weight excluding hydrogens is 272 g/mol. The maximum Gasteiger partial charge on any atom is 0.407 e. The Morgan fingerprint density at radius 1 is 1.38 bits per heavy atom. The van der Waals surface area contributed by atoms with E-state index in [1.54, 1.807) is 12.1 Å². The van der Waals surface area contributed by atoms with E-state index in [-0.39, 0.29) is 18.0 Å². The van der Waals surface area contributed by atoms with Gasteiger partial charge in [-0.2, -0.15) is 0 Å². The molecule has 0 spiro atoms. The number of benzene rings is 1. The van der Waals surface area contributed by atoms with E-state index >= 15 is 0 Å². The highest BCUT2D eigenvalue weighted by atomic mass is 16.5. The number of nitrogen functional groups attached to an aromatic ring is 1. The van der Waals surface area contributed by atoms with Crippen LogP contribution in [-0.4, -0.2) is 43.1 Å². The van der Waals surface area contributed by atoms with Crippen LogP contribution in [0.5, 0.6) is 0 Å². The second kappa shape index (κ2) is 7.05. The third-order valence-electron chi connectivity index (χ3n) is 3.53. The number of carbonyl (C=O) groups is 2. The highest BCUT2D eigenvalue weighted by Gasteiger charge is 2.23. The van der Waals surface area contributed by atoms with E-state index in [4.69, 9.17) is 5.84 Å². The molecule has 1 aliphatic rings. The number of nitrogens with zero attached hydrogens (tertiary/aromatic N) is 1. The zero-order chi connectivity index (χ0) is 15.2. The molecule has 1 fully saturated rings. The number of carbonyl (C=O) groups excluding carboxylic acids is 2. The minimum atomic E-state index is -0.390. The van der Waals surface area contributed by atoms with Crippen molar-refractivity contribution in [2.24, 2.45) is 5.84 Å². The van der Waals surface area contributed by atoms with Crippen molar-refractivity contribution in [1.29, 1.82) is 0 Å². The van der Waals surface area contributed by atoms with Gasteiger partial charge in [0.1, 0.15) is 0 Å². The summed E-state index contributed by atoms with van der Waals surface area (Å²) in [6, 6.07) is 7.44. The van der Waals surface area contributed by atoms with Crippen molar-refractivity contribution < 1.29 is 14.3 Å². The average Bonchev–Trinajstić information content (AvgIpc) is 2.94. The number of hydrazine groups is 1. The summed E-state index contributed by atoms with van der Waals surface area (Å²) < 4.78 is 4.60. The number of hydrogen-bond donors (Lipinski definition) is 3. The molecule has 7 heteroatoms. The number of methoxy groups -OCH3 is 1. The first kappa shape index (κ1) is 15.3. The van der Waals surface area contributed by atoms with Gasteiger partial charge in [0.05, 0.1) is 7.11 Å². The van der Waals surface area contributed by atoms with Crippen LogP contribution in [0.2, 0.25) is 0 Å². The Balaban J connectivity index is 1.85. The van der Waals surface area contributed by atoms with Crippen molar-refractivity contribution in [1.82, 2.24) is 15.6 Å². The standard InChI is InChI=1S/C14H20N4O3/c1-21-14(20)16-12-6-7-18(9-12)8-10-2-4-11(5-3-10)13(19)17-15/h2-5,12H,6-9,15H2,1H3,(H,16,20)(H,17,19). The number of hydrogen-bond acceptors (Lipinski definition) is 5. The Morgan fingerprint density at radius 3 is 2.71 bits per heavy atom. The summed E-state index contributed by atoms with van der Waals surface area (Å²) in [5.41, 5.74) is 3.75. The van der Waals surface area contributed by atoms with Gasteiger partial charge in [0.25, 0.3) is 5.91 Å². The fourth-order valence-corrected chi connectivity index (χ4v) is 2.42. The normalized spacial score (nSPS) is 18.3. The van der Waals surface area contributed by atoms with E-state index < -0.39 is 0 Å². The quantitative estimate of drug-likeness (QED) is 0.419. The van der Waals surface area contributed by atoms with Gasteiger partial charge < -0.3 is 10.1 Å². The van der Waals surface area contributed by atoms with Gasteiger partial charge in [0.2, 0.25) is 0 Å². The predicted molar refractivity (Wildman–Crippen MR) is 77.3 cm³/mol. The fraction of sp³-hybridized carbons (Fsp3) is 0.429. The van der Waals surface area contributed by atoms with Crippen molar-refractivity contribution in [3.8, 4) is 0 Å². The molecule has 0 radical (unpaired) electrons. The second-order valence-corrected chi connectivity index (χ2v) is 5.03. The minimum absolute atomic E-state index is 0.125. The lowest BCUT2D eigenvalue weighted by molar-refractivity contribution is 0.0953. The molecule has 1 aliphatic heterocycles. The lowest BCUT2D eigenvalue weighted by Crippen LogP contribution is -2.36. The van der Waals surface area contributed by atoms with Crippen molar-refractivity contribution in [2.45, 2.75) is 19.0 Å². The summed E-state index contributed by atoms with van der Waals surface area (Å²) in [6.07, 6.45) is 0.516. The van der Waals surface area contributed by atoms with Gasteiger partial charge in [-0.05, 0) is 24.1 Å². The Hall–Kier alpha value is -2.12. The SMILES string of the molecule is COC(=O)NC1CCN(Cc2ccc(C(=O)NN)cc2)C1. The number of amides is 2. The molecule has 1 heterocycles. The molecule has 7 nitrogen and oxygen atoms in total. The molecule has 1 saturated heterocycles. The van der Waals surface area contributed by atoms with E-state index in [9.17, 15) is 9.59 Å². The summed E-state index contributed by atoms with van der Waals surface area (Å²) in [4.78, 5) is 24.8. The van der Waals surface area contributed by atoms with Crippen LogP contribution in [0.1, 0.15) is 22.3 Å². The zero-order valence-corrected chi connectivity index (χ0v) is 12.0. The number of likely N-dealkylation sites (tertiary alicyclic amines) is 1. The monoisotopic (exact) mass is 292 g/mol. The van der Waals surface area contributed by atoms with Crippen LogP contribution >= 0.6 is 0 Å². The number of rotatable bonds is 4. The van der Waals surface area contributed by atoms with Crippen LogP contribution in [0, 0.1) is 0 Å². The molecule has 1 aromatic carbocycles.